The fourth-order valence-corrected chi connectivity index (χ4v) is 8.80. The van der Waals surface area contributed by atoms with Crippen LogP contribution in [0.1, 0.15) is 28.8 Å². The van der Waals surface area contributed by atoms with Gasteiger partial charge in [-0.1, -0.05) is 19.2 Å². The normalized spacial score (nSPS) is 17.5. The fraction of sp³-hybridized carbons (Fsp3) is 0.303. The summed E-state index contributed by atoms with van der Waals surface area (Å²) in [5.41, 5.74) is 7.94. The van der Waals surface area contributed by atoms with E-state index in [2.05, 4.69) is 97.2 Å². The molecule has 8 nitrogen and oxygen atoms in total. The molecule has 0 bridgehead atoms. The number of rotatable bonds is 7. The number of aliphatic imine (C=N–C) groups is 1. The van der Waals surface area contributed by atoms with E-state index in [9.17, 15) is 14.7 Å². The van der Waals surface area contributed by atoms with Gasteiger partial charge in [0.25, 0.3) is 11.8 Å². The van der Waals surface area contributed by atoms with Gasteiger partial charge in [-0.05, 0) is 70.6 Å². The van der Waals surface area contributed by atoms with Crippen molar-refractivity contribution in [1.29, 1.82) is 0 Å². The van der Waals surface area contributed by atoms with Crippen LogP contribution in [-0.2, 0) is 9.59 Å². The van der Waals surface area contributed by atoms with Crippen molar-refractivity contribution >= 4 is 47.9 Å². The summed E-state index contributed by atoms with van der Waals surface area (Å²) in [6.07, 6.45) is 11.2. The van der Waals surface area contributed by atoms with Gasteiger partial charge < -0.3 is 15.0 Å². The summed E-state index contributed by atoms with van der Waals surface area (Å²) in [5.74, 6) is -1.02. The van der Waals surface area contributed by atoms with Crippen molar-refractivity contribution in [2.75, 3.05) is 46.2 Å². The molecular weight excluding hydrogens is 542 g/mol. The molecule has 0 saturated carbocycles. The third kappa shape index (κ3) is 5.20. The number of aromatic nitrogens is 1. The molecule has 2 aromatic rings. The van der Waals surface area contributed by atoms with Crippen LogP contribution in [0.5, 0.6) is 0 Å². The molecule has 2 amide bonds. The number of fused-ring (bicyclic) bond motifs is 2. The van der Waals surface area contributed by atoms with Crippen molar-refractivity contribution in [3.8, 4) is 0 Å². The molecule has 0 radical (unpaired) electrons. The molecule has 3 heterocycles. The number of imide groups is 1. The SMILES string of the molecule is Cc1ncc(C([O-])=NCCCN2C(=O)C=CC2=O)cc1C1=C2C=CC(=[N+](C)C)C=C2[Si](C)(C)c2cc(N(C)C)ccc21. The minimum Gasteiger partial charge on any atom is -0.858 e. The predicted molar refractivity (Wildman–Crippen MR) is 169 cm³/mol. The Balaban J connectivity index is 1.57. The van der Waals surface area contributed by atoms with Gasteiger partial charge in [-0.2, -0.15) is 0 Å². The molecule has 0 fully saturated rings. The van der Waals surface area contributed by atoms with E-state index in [0.717, 1.165) is 33.1 Å². The van der Waals surface area contributed by atoms with Crippen LogP contribution in [0.3, 0.4) is 0 Å². The number of benzene rings is 1. The molecule has 0 N–H and O–H groups in total. The Hall–Kier alpha value is -4.37. The third-order valence-corrected chi connectivity index (χ3v) is 11.7. The topological polar surface area (TPSA) is 91.9 Å². The standard InChI is InChI=1S/C33H37N5O3Si/c1-21-27(17-22(20-35-21)33(41)34-15-8-16-38-30(39)13-14-31(38)40)32-25-11-9-23(36(2)3)18-28(25)42(6,7)29-19-24(37(4)5)10-12-26(29)32/h9-14,17-20H,8,15-16H2,1-7H3. The lowest BCUT2D eigenvalue weighted by atomic mass is 9.88. The summed E-state index contributed by atoms with van der Waals surface area (Å²) in [5, 5.41) is 15.9. The first-order chi connectivity index (χ1) is 19.9. The Morgan fingerprint density at radius 3 is 2.43 bits per heavy atom. The Kier molecular flexibility index (Phi) is 7.72. The maximum Gasteiger partial charge on any atom is 0.253 e. The second kappa shape index (κ2) is 11.1. The molecule has 0 atom stereocenters. The lowest BCUT2D eigenvalue weighted by molar-refractivity contribution is -0.462. The van der Waals surface area contributed by atoms with Crippen LogP contribution in [0.15, 0.2) is 76.6 Å². The van der Waals surface area contributed by atoms with Crippen LogP contribution in [-0.4, -0.2) is 87.2 Å². The van der Waals surface area contributed by atoms with Crippen LogP contribution in [0.25, 0.3) is 5.57 Å². The predicted octanol–water partition coefficient (Wildman–Crippen LogP) is 2.36. The lowest BCUT2D eigenvalue weighted by Crippen LogP contribution is -2.49. The number of hydrogen-bond acceptors (Lipinski definition) is 6. The van der Waals surface area contributed by atoms with Gasteiger partial charge in [-0.3, -0.25) is 19.5 Å². The van der Waals surface area contributed by atoms with Crippen molar-refractivity contribution in [3.05, 3.63) is 94.0 Å². The number of pyridine rings is 1. The highest BCUT2D eigenvalue weighted by Crippen LogP contribution is 2.42. The van der Waals surface area contributed by atoms with Gasteiger partial charge in [-0.15, -0.1) is 0 Å². The molecule has 5 rings (SSSR count). The van der Waals surface area contributed by atoms with E-state index in [1.54, 1.807) is 6.20 Å². The van der Waals surface area contributed by atoms with Gasteiger partial charge >= 0.3 is 0 Å². The third-order valence-electron chi connectivity index (χ3n) is 8.22. The molecule has 0 spiro atoms. The molecule has 2 aliphatic heterocycles. The summed E-state index contributed by atoms with van der Waals surface area (Å²) in [6.45, 7) is 7.23. The first-order valence-corrected chi connectivity index (χ1v) is 17.1. The lowest BCUT2D eigenvalue weighted by Gasteiger charge is -2.38. The van der Waals surface area contributed by atoms with E-state index in [-0.39, 0.29) is 30.8 Å². The summed E-state index contributed by atoms with van der Waals surface area (Å²) in [4.78, 5) is 35.7. The second-order valence-electron chi connectivity index (χ2n) is 11.8. The van der Waals surface area contributed by atoms with Gasteiger partial charge in [0, 0.05) is 80.2 Å². The summed E-state index contributed by atoms with van der Waals surface area (Å²) in [6, 6.07) is 8.60. The van der Waals surface area contributed by atoms with E-state index in [1.165, 1.54) is 33.7 Å². The van der Waals surface area contributed by atoms with E-state index in [4.69, 9.17) is 0 Å². The Morgan fingerprint density at radius 1 is 1.05 bits per heavy atom. The second-order valence-corrected chi connectivity index (χ2v) is 16.1. The Morgan fingerprint density at radius 2 is 1.76 bits per heavy atom. The van der Waals surface area contributed by atoms with Crippen LogP contribution in [0, 0.1) is 6.92 Å². The first-order valence-electron chi connectivity index (χ1n) is 14.1. The van der Waals surface area contributed by atoms with E-state index >= 15 is 0 Å². The quantitative estimate of drug-likeness (QED) is 0.125. The molecule has 216 valence electrons. The van der Waals surface area contributed by atoms with Crippen LogP contribution in [0.2, 0.25) is 13.1 Å². The number of carbonyl (C=O) groups is 2. The molecule has 42 heavy (non-hydrogen) atoms. The molecule has 0 saturated heterocycles. The van der Waals surface area contributed by atoms with Crippen molar-refractivity contribution < 1.29 is 19.3 Å². The number of amides is 2. The smallest absolute Gasteiger partial charge is 0.253 e. The van der Waals surface area contributed by atoms with E-state index < -0.39 is 8.07 Å². The summed E-state index contributed by atoms with van der Waals surface area (Å²) < 4.78 is 2.13. The maximum atomic E-state index is 13.2. The van der Waals surface area contributed by atoms with E-state index in [0.29, 0.717) is 12.0 Å². The number of nitrogens with zero attached hydrogens (tertiary/aromatic N) is 5. The molecule has 9 heteroatoms. The zero-order chi connectivity index (χ0) is 30.3. The maximum absolute atomic E-state index is 13.2. The summed E-state index contributed by atoms with van der Waals surface area (Å²) in [7, 11) is 6.15. The molecule has 1 aromatic heterocycles. The highest BCUT2D eigenvalue weighted by Gasteiger charge is 2.40. The number of anilines is 1. The van der Waals surface area contributed by atoms with Crippen LogP contribution >= 0.6 is 0 Å². The minimum absolute atomic E-state index is 0.210. The monoisotopic (exact) mass is 579 g/mol. The fourth-order valence-electron chi connectivity index (χ4n) is 5.73. The number of hydrogen-bond donors (Lipinski definition) is 0. The molecule has 0 unspecified atom stereocenters. The van der Waals surface area contributed by atoms with Crippen LogP contribution in [0.4, 0.5) is 5.69 Å². The highest BCUT2D eigenvalue weighted by atomic mass is 28.3. The number of allylic oxidation sites excluding steroid dienone is 5. The van der Waals surface area contributed by atoms with Gasteiger partial charge in [0.1, 0.15) is 22.2 Å². The Bertz CT molecular complexity index is 1670. The molecule has 3 aliphatic rings. The number of carbonyl (C=O) groups excluding carboxylic acids is 2. The van der Waals surface area contributed by atoms with Crippen molar-refractivity contribution in [2.45, 2.75) is 26.4 Å². The van der Waals surface area contributed by atoms with Crippen molar-refractivity contribution in [1.82, 2.24) is 9.88 Å². The average molecular weight is 580 g/mol. The van der Waals surface area contributed by atoms with Gasteiger partial charge in [0.15, 0.2) is 5.71 Å². The largest absolute Gasteiger partial charge is 0.858 e. The zero-order valence-corrected chi connectivity index (χ0v) is 26.4. The zero-order valence-electron chi connectivity index (χ0n) is 25.4. The van der Waals surface area contributed by atoms with Crippen LogP contribution < -0.4 is 15.2 Å². The van der Waals surface area contributed by atoms with Gasteiger partial charge in [0.05, 0.1) is 0 Å². The van der Waals surface area contributed by atoms with E-state index in [1.807, 2.05) is 13.0 Å². The van der Waals surface area contributed by atoms with Gasteiger partial charge in [0.2, 0.25) is 0 Å². The average Bonchev–Trinajstić information content (AvgIpc) is 3.28. The van der Waals surface area contributed by atoms with Gasteiger partial charge in [-0.25, -0.2) is 4.58 Å². The summed E-state index contributed by atoms with van der Waals surface area (Å²) >= 11 is 0. The van der Waals surface area contributed by atoms with Crippen molar-refractivity contribution in [2.24, 2.45) is 4.99 Å². The molecular formula is C33H37N5O3Si. The Labute approximate surface area is 248 Å². The molecule has 1 aliphatic carbocycles. The minimum atomic E-state index is -2.09. The highest BCUT2D eigenvalue weighted by molar-refractivity contribution is 6.98. The van der Waals surface area contributed by atoms with Crippen molar-refractivity contribution in [3.63, 3.8) is 0 Å². The molecule has 1 aromatic carbocycles. The first kappa shape index (κ1) is 29.1. The number of aryl methyl sites for hydroxylation is 1.